The van der Waals surface area contributed by atoms with Crippen LogP contribution in [0.25, 0.3) is 0 Å². The average Bonchev–Trinajstić information content (AvgIpc) is 2.51. The summed E-state index contributed by atoms with van der Waals surface area (Å²) >= 11 is 0. The lowest BCUT2D eigenvalue weighted by molar-refractivity contribution is -0.121. The van der Waals surface area contributed by atoms with Crippen LogP contribution in [0, 0.1) is 5.92 Å². The third-order valence-electron chi connectivity index (χ3n) is 2.18. The summed E-state index contributed by atoms with van der Waals surface area (Å²) in [5.74, 6) is 0.292. The molecule has 4 nitrogen and oxygen atoms in total. The van der Waals surface area contributed by atoms with Gasteiger partial charge >= 0.3 is 0 Å². The molecular formula is C10H17N3O. The fourth-order valence-electron chi connectivity index (χ4n) is 1.33. The van der Waals surface area contributed by atoms with Gasteiger partial charge in [0.05, 0.1) is 12.1 Å². The minimum absolute atomic E-state index is 0.0574. The average molecular weight is 195 g/mol. The molecule has 1 rings (SSSR count). The number of nitrogens with one attached hydrogen (secondary N) is 1. The molecule has 0 aliphatic carbocycles. The van der Waals surface area contributed by atoms with Crippen LogP contribution >= 0.6 is 0 Å². The van der Waals surface area contributed by atoms with Gasteiger partial charge in [-0.15, -0.1) is 0 Å². The second-order valence-electron chi connectivity index (χ2n) is 3.58. The molecule has 0 radical (unpaired) electrons. The predicted molar refractivity (Wildman–Crippen MR) is 55.0 cm³/mol. The van der Waals surface area contributed by atoms with E-state index in [1.807, 2.05) is 33.3 Å². The maximum absolute atomic E-state index is 11.6. The van der Waals surface area contributed by atoms with Gasteiger partial charge in [0.2, 0.25) is 0 Å². The van der Waals surface area contributed by atoms with E-state index >= 15 is 0 Å². The summed E-state index contributed by atoms with van der Waals surface area (Å²) in [7, 11) is 3.70. The van der Waals surface area contributed by atoms with Crippen LogP contribution in [0.3, 0.4) is 0 Å². The van der Waals surface area contributed by atoms with Gasteiger partial charge in [0.1, 0.15) is 5.78 Å². The summed E-state index contributed by atoms with van der Waals surface area (Å²) in [6, 6.07) is 1.88. The van der Waals surface area contributed by atoms with Crippen molar-refractivity contribution >= 4 is 5.78 Å². The van der Waals surface area contributed by atoms with Crippen LogP contribution in [-0.2, 0) is 18.3 Å². The molecule has 0 fully saturated rings. The van der Waals surface area contributed by atoms with Gasteiger partial charge in [-0.25, -0.2) is 0 Å². The Labute approximate surface area is 84.3 Å². The summed E-state index contributed by atoms with van der Waals surface area (Å²) in [6.07, 6.45) is 2.29. The molecule has 78 valence electrons. The Hall–Kier alpha value is -1.16. The molecular weight excluding hydrogens is 178 g/mol. The summed E-state index contributed by atoms with van der Waals surface area (Å²) in [5.41, 5.74) is 0.848. The molecule has 0 bridgehead atoms. The highest BCUT2D eigenvalue weighted by molar-refractivity contribution is 5.82. The van der Waals surface area contributed by atoms with Crippen LogP contribution in [0.2, 0.25) is 0 Å². The highest BCUT2D eigenvalue weighted by atomic mass is 16.1. The summed E-state index contributed by atoms with van der Waals surface area (Å²) in [5, 5.41) is 7.16. The van der Waals surface area contributed by atoms with Gasteiger partial charge in [0, 0.05) is 25.7 Å². The van der Waals surface area contributed by atoms with Crippen molar-refractivity contribution < 1.29 is 4.79 Å². The molecule has 4 heteroatoms. The Kier molecular flexibility index (Phi) is 3.83. The van der Waals surface area contributed by atoms with Gasteiger partial charge < -0.3 is 5.32 Å². The zero-order valence-corrected chi connectivity index (χ0v) is 8.95. The monoisotopic (exact) mass is 195 g/mol. The largest absolute Gasteiger partial charge is 0.319 e. The van der Waals surface area contributed by atoms with E-state index in [1.54, 1.807) is 4.68 Å². The summed E-state index contributed by atoms with van der Waals surface area (Å²) in [4.78, 5) is 11.6. The Morgan fingerprint density at radius 1 is 1.71 bits per heavy atom. The van der Waals surface area contributed by atoms with Crippen LogP contribution < -0.4 is 5.32 Å². The molecule has 1 heterocycles. The van der Waals surface area contributed by atoms with Gasteiger partial charge in [0.15, 0.2) is 0 Å². The van der Waals surface area contributed by atoms with E-state index in [0.29, 0.717) is 6.42 Å². The molecule has 0 aliphatic rings. The van der Waals surface area contributed by atoms with Crippen molar-refractivity contribution in [2.45, 2.75) is 13.3 Å². The standard InChI is InChI=1S/C10H17N3O/c1-8(7-11-2)10(14)6-9-4-5-13(3)12-9/h4-5,8,11H,6-7H2,1-3H3. The second-order valence-corrected chi connectivity index (χ2v) is 3.58. The van der Waals surface area contributed by atoms with E-state index in [2.05, 4.69) is 10.4 Å². The molecule has 1 aromatic heterocycles. The molecule has 0 aliphatic heterocycles. The molecule has 1 atom stereocenters. The van der Waals surface area contributed by atoms with Crippen LogP contribution in [0.5, 0.6) is 0 Å². The highest BCUT2D eigenvalue weighted by Gasteiger charge is 2.13. The summed E-state index contributed by atoms with van der Waals surface area (Å²) in [6.45, 7) is 2.66. The van der Waals surface area contributed by atoms with Gasteiger partial charge in [-0.05, 0) is 13.1 Å². The lowest BCUT2D eigenvalue weighted by atomic mass is 10.0. The molecule has 0 saturated carbocycles. The molecule has 1 unspecified atom stereocenters. The van der Waals surface area contributed by atoms with E-state index in [-0.39, 0.29) is 11.7 Å². The number of hydrogen-bond acceptors (Lipinski definition) is 3. The first-order valence-corrected chi connectivity index (χ1v) is 4.79. The first-order chi connectivity index (χ1) is 6.63. The van der Waals surface area contributed by atoms with E-state index < -0.39 is 0 Å². The molecule has 1 aromatic rings. The maximum Gasteiger partial charge on any atom is 0.142 e. The fraction of sp³-hybridized carbons (Fsp3) is 0.600. The van der Waals surface area contributed by atoms with Crippen molar-refractivity contribution in [3.05, 3.63) is 18.0 Å². The number of aryl methyl sites for hydroxylation is 1. The van der Waals surface area contributed by atoms with Crippen LogP contribution in [0.1, 0.15) is 12.6 Å². The smallest absolute Gasteiger partial charge is 0.142 e. The SMILES string of the molecule is CNCC(C)C(=O)Cc1ccn(C)n1. The maximum atomic E-state index is 11.6. The lowest BCUT2D eigenvalue weighted by Crippen LogP contribution is -2.25. The van der Waals surface area contributed by atoms with Crippen LogP contribution in [0.4, 0.5) is 0 Å². The van der Waals surface area contributed by atoms with Gasteiger partial charge in [-0.2, -0.15) is 5.10 Å². The molecule has 0 aromatic carbocycles. The van der Waals surface area contributed by atoms with Crippen molar-refractivity contribution in [3.8, 4) is 0 Å². The first kappa shape index (κ1) is 10.9. The molecule has 0 spiro atoms. The zero-order valence-electron chi connectivity index (χ0n) is 8.95. The third kappa shape index (κ3) is 2.96. The van der Waals surface area contributed by atoms with Crippen LogP contribution in [0.15, 0.2) is 12.3 Å². The minimum atomic E-state index is 0.0574. The van der Waals surface area contributed by atoms with E-state index in [4.69, 9.17) is 0 Å². The number of hydrogen-bond donors (Lipinski definition) is 1. The number of carbonyl (C=O) groups is 1. The number of aromatic nitrogens is 2. The van der Waals surface area contributed by atoms with E-state index in [1.165, 1.54) is 0 Å². The van der Waals surface area contributed by atoms with Gasteiger partial charge in [-0.1, -0.05) is 6.92 Å². The van der Waals surface area contributed by atoms with Gasteiger partial charge in [-0.3, -0.25) is 9.48 Å². The normalized spacial score (nSPS) is 12.8. The molecule has 1 N–H and O–H groups in total. The van der Waals surface area contributed by atoms with E-state index in [9.17, 15) is 4.79 Å². The topological polar surface area (TPSA) is 46.9 Å². The lowest BCUT2D eigenvalue weighted by Gasteiger charge is -2.07. The first-order valence-electron chi connectivity index (χ1n) is 4.79. The molecule has 0 amide bonds. The quantitative estimate of drug-likeness (QED) is 0.739. The Balaban J connectivity index is 2.48. The van der Waals surface area contributed by atoms with Crippen molar-refractivity contribution in [2.24, 2.45) is 13.0 Å². The molecule has 0 saturated heterocycles. The van der Waals surface area contributed by atoms with Crippen molar-refractivity contribution in [3.63, 3.8) is 0 Å². The Morgan fingerprint density at radius 3 is 2.93 bits per heavy atom. The van der Waals surface area contributed by atoms with Crippen LogP contribution in [-0.4, -0.2) is 29.2 Å². The van der Waals surface area contributed by atoms with Crippen molar-refractivity contribution in [1.82, 2.24) is 15.1 Å². The second kappa shape index (κ2) is 4.91. The number of carbonyl (C=O) groups excluding carboxylic acids is 1. The number of rotatable bonds is 5. The fourth-order valence-corrected chi connectivity index (χ4v) is 1.33. The Bertz CT molecular complexity index is 306. The highest BCUT2D eigenvalue weighted by Crippen LogP contribution is 2.03. The Morgan fingerprint density at radius 2 is 2.43 bits per heavy atom. The van der Waals surface area contributed by atoms with Crippen molar-refractivity contribution in [2.75, 3.05) is 13.6 Å². The number of nitrogens with zero attached hydrogens (tertiary/aromatic N) is 2. The van der Waals surface area contributed by atoms with Crippen molar-refractivity contribution in [1.29, 1.82) is 0 Å². The minimum Gasteiger partial charge on any atom is -0.319 e. The summed E-state index contributed by atoms with van der Waals surface area (Å²) < 4.78 is 1.71. The van der Waals surface area contributed by atoms with E-state index in [0.717, 1.165) is 12.2 Å². The third-order valence-corrected chi connectivity index (χ3v) is 2.18. The predicted octanol–water partition coefficient (Wildman–Crippen LogP) is 0.387. The number of ketones is 1. The molecule has 14 heavy (non-hydrogen) atoms. The number of Topliss-reactive ketones (excluding diaryl/α,β-unsaturated/α-hetero) is 1. The zero-order chi connectivity index (χ0) is 10.6. The van der Waals surface area contributed by atoms with Gasteiger partial charge in [0.25, 0.3) is 0 Å².